The summed E-state index contributed by atoms with van der Waals surface area (Å²) in [6.07, 6.45) is 1.01. The molecule has 1 heterocycles. The Balaban J connectivity index is 1.91. The highest BCUT2D eigenvalue weighted by molar-refractivity contribution is 6.32. The van der Waals surface area contributed by atoms with E-state index in [1.54, 1.807) is 12.1 Å². The maximum absolute atomic E-state index is 12.5. The molecule has 6 heteroatoms. The molecule has 0 aliphatic carbocycles. The lowest BCUT2D eigenvalue weighted by Gasteiger charge is -2.32. The number of aryl methyl sites for hydroxylation is 1. The number of carbonyl (C=O) groups is 1. The number of aliphatic hydroxyl groups excluding tert-OH is 1. The van der Waals surface area contributed by atoms with E-state index in [1.165, 1.54) is 11.1 Å². The highest BCUT2D eigenvalue weighted by Gasteiger charge is 2.33. The van der Waals surface area contributed by atoms with Crippen LogP contribution < -0.4 is 4.90 Å². The molecule has 0 aromatic heterocycles. The van der Waals surface area contributed by atoms with Crippen LogP contribution in [-0.4, -0.2) is 41.7 Å². The summed E-state index contributed by atoms with van der Waals surface area (Å²) in [7, 11) is 0. The first-order chi connectivity index (χ1) is 13.5. The lowest BCUT2D eigenvalue weighted by atomic mass is 10.1. The molecule has 1 N–H and O–H groups in total. The van der Waals surface area contributed by atoms with Crippen molar-refractivity contribution in [1.29, 1.82) is 5.26 Å². The van der Waals surface area contributed by atoms with Crippen LogP contribution in [0.4, 0.5) is 5.69 Å². The van der Waals surface area contributed by atoms with Gasteiger partial charge in [0.25, 0.3) is 0 Å². The lowest BCUT2D eigenvalue weighted by molar-refractivity contribution is -0.127. The van der Waals surface area contributed by atoms with E-state index in [2.05, 4.69) is 30.0 Å². The molecule has 1 fully saturated rings. The number of nitriles is 1. The Morgan fingerprint density at radius 3 is 2.79 bits per heavy atom. The molecule has 146 valence electrons. The van der Waals surface area contributed by atoms with Gasteiger partial charge in [-0.05, 0) is 42.7 Å². The SMILES string of the molecule is Cc1ccccc1CN(c1ccc(C#N)c(Cl)c1)[C@H]1CC(=O)N(CCCO)C1. The van der Waals surface area contributed by atoms with Gasteiger partial charge in [0.15, 0.2) is 0 Å². The highest BCUT2D eigenvalue weighted by Crippen LogP contribution is 2.30. The summed E-state index contributed by atoms with van der Waals surface area (Å²) in [5.74, 6) is 0.105. The van der Waals surface area contributed by atoms with Crippen LogP contribution in [0.1, 0.15) is 29.5 Å². The molecule has 1 amide bonds. The number of carbonyl (C=O) groups excluding carboxylic acids is 1. The fourth-order valence-electron chi connectivity index (χ4n) is 3.61. The first-order valence-electron chi connectivity index (χ1n) is 9.43. The molecule has 1 atom stereocenters. The summed E-state index contributed by atoms with van der Waals surface area (Å²) in [5, 5.41) is 18.7. The molecule has 2 aromatic carbocycles. The molecule has 3 rings (SSSR count). The van der Waals surface area contributed by atoms with Gasteiger partial charge in [-0.2, -0.15) is 5.26 Å². The van der Waals surface area contributed by atoms with Crippen molar-refractivity contribution in [3.8, 4) is 6.07 Å². The van der Waals surface area contributed by atoms with E-state index in [0.717, 1.165) is 5.69 Å². The molecular weight excluding hydrogens is 374 g/mol. The first-order valence-corrected chi connectivity index (χ1v) is 9.80. The number of hydrogen-bond donors (Lipinski definition) is 1. The van der Waals surface area contributed by atoms with Gasteiger partial charge in [0.1, 0.15) is 6.07 Å². The Morgan fingerprint density at radius 2 is 2.11 bits per heavy atom. The van der Waals surface area contributed by atoms with Gasteiger partial charge in [-0.3, -0.25) is 4.79 Å². The van der Waals surface area contributed by atoms with Crippen LogP contribution in [0.5, 0.6) is 0 Å². The van der Waals surface area contributed by atoms with Gasteiger partial charge < -0.3 is 14.9 Å². The summed E-state index contributed by atoms with van der Waals surface area (Å²) in [6, 6.07) is 15.7. The minimum atomic E-state index is 0.00908. The van der Waals surface area contributed by atoms with Crippen molar-refractivity contribution in [2.24, 2.45) is 0 Å². The van der Waals surface area contributed by atoms with Gasteiger partial charge in [0.2, 0.25) is 5.91 Å². The van der Waals surface area contributed by atoms with E-state index >= 15 is 0 Å². The average Bonchev–Trinajstić information content (AvgIpc) is 3.06. The van der Waals surface area contributed by atoms with E-state index in [9.17, 15) is 4.79 Å². The molecular formula is C22H24ClN3O2. The minimum absolute atomic E-state index is 0.00908. The summed E-state index contributed by atoms with van der Waals surface area (Å²) < 4.78 is 0. The van der Waals surface area contributed by atoms with Crippen LogP contribution in [0, 0.1) is 18.3 Å². The van der Waals surface area contributed by atoms with Gasteiger partial charge in [-0.25, -0.2) is 0 Å². The lowest BCUT2D eigenvalue weighted by Crippen LogP contribution is -2.37. The summed E-state index contributed by atoms with van der Waals surface area (Å²) in [6.45, 7) is 3.99. The molecule has 2 aromatic rings. The Hall–Kier alpha value is -2.55. The van der Waals surface area contributed by atoms with Crippen molar-refractivity contribution in [1.82, 2.24) is 4.90 Å². The van der Waals surface area contributed by atoms with Gasteiger partial charge in [0, 0.05) is 38.3 Å². The van der Waals surface area contributed by atoms with E-state index < -0.39 is 0 Å². The second-order valence-electron chi connectivity index (χ2n) is 7.11. The topological polar surface area (TPSA) is 67.6 Å². The van der Waals surface area contributed by atoms with Crippen LogP contribution in [-0.2, 0) is 11.3 Å². The largest absolute Gasteiger partial charge is 0.396 e. The van der Waals surface area contributed by atoms with Crippen LogP contribution in [0.25, 0.3) is 0 Å². The Labute approximate surface area is 170 Å². The van der Waals surface area contributed by atoms with Crippen LogP contribution in [0.2, 0.25) is 5.02 Å². The van der Waals surface area contributed by atoms with Crippen molar-refractivity contribution < 1.29 is 9.90 Å². The van der Waals surface area contributed by atoms with Gasteiger partial charge in [-0.15, -0.1) is 0 Å². The standard InChI is InChI=1S/C22H24ClN3O2/c1-16-5-2-3-6-18(16)14-26(19-8-7-17(13-24)21(23)11-19)20-12-22(28)25(15-20)9-4-10-27/h2-3,5-8,11,20,27H,4,9-10,12,14-15H2,1H3/t20-/m0/s1. The predicted octanol–water partition coefficient (Wildman–Crippen LogP) is 3.51. The number of hydrogen-bond acceptors (Lipinski definition) is 4. The maximum atomic E-state index is 12.5. The highest BCUT2D eigenvalue weighted by atomic mass is 35.5. The molecule has 1 aliphatic heterocycles. The molecule has 1 aliphatic rings. The van der Waals surface area contributed by atoms with Crippen molar-refractivity contribution in [3.63, 3.8) is 0 Å². The maximum Gasteiger partial charge on any atom is 0.224 e. The monoisotopic (exact) mass is 397 g/mol. The summed E-state index contributed by atoms with van der Waals surface area (Å²) in [4.78, 5) is 16.5. The number of nitrogens with zero attached hydrogens (tertiary/aromatic N) is 3. The smallest absolute Gasteiger partial charge is 0.224 e. The quantitative estimate of drug-likeness (QED) is 0.776. The van der Waals surface area contributed by atoms with Gasteiger partial charge in [-0.1, -0.05) is 35.9 Å². The third kappa shape index (κ3) is 4.46. The number of halogens is 1. The average molecular weight is 398 g/mol. The van der Waals surface area contributed by atoms with Crippen LogP contribution in [0.15, 0.2) is 42.5 Å². The third-order valence-electron chi connectivity index (χ3n) is 5.23. The van der Waals surface area contributed by atoms with Gasteiger partial charge >= 0.3 is 0 Å². The number of rotatable bonds is 7. The van der Waals surface area contributed by atoms with E-state index in [4.69, 9.17) is 22.0 Å². The fourth-order valence-corrected chi connectivity index (χ4v) is 3.83. The molecule has 0 radical (unpaired) electrons. The second kappa shape index (κ2) is 9.09. The minimum Gasteiger partial charge on any atom is -0.396 e. The number of likely N-dealkylation sites (tertiary alicyclic amines) is 1. The Kier molecular flexibility index (Phi) is 6.56. The second-order valence-corrected chi connectivity index (χ2v) is 7.51. The zero-order valence-corrected chi connectivity index (χ0v) is 16.7. The summed E-state index contributed by atoms with van der Waals surface area (Å²) in [5.41, 5.74) is 3.71. The van der Waals surface area contributed by atoms with E-state index in [0.29, 0.717) is 43.1 Å². The Bertz CT molecular complexity index is 894. The van der Waals surface area contributed by atoms with Crippen LogP contribution in [0.3, 0.4) is 0 Å². The molecule has 0 bridgehead atoms. The molecule has 0 spiro atoms. The number of aliphatic hydroxyl groups is 1. The van der Waals surface area contributed by atoms with Crippen molar-refractivity contribution in [2.75, 3.05) is 24.6 Å². The molecule has 28 heavy (non-hydrogen) atoms. The van der Waals surface area contributed by atoms with Crippen LogP contribution >= 0.6 is 11.6 Å². The zero-order chi connectivity index (χ0) is 20.1. The predicted molar refractivity (Wildman–Crippen MR) is 110 cm³/mol. The van der Waals surface area contributed by atoms with Crippen molar-refractivity contribution in [2.45, 2.75) is 32.4 Å². The third-order valence-corrected chi connectivity index (χ3v) is 5.54. The number of amides is 1. The number of anilines is 1. The van der Waals surface area contributed by atoms with Crippen molar-refractivity contribution in [3.05, 3.63) is 64.2 Å². The first kappa shape index (κ1) is 20.2. The van der Waals surface area contributed by atoms with Gasteiger partial charge in [0.05, 0.1) is 16.6 Å². The molecule has 0 saturated carbocycles. The molecule has 0 unspecified atom stereocenters. The fraction of sp³-hybridized carbons (Fsp3) is 0.364. The molecule has 1 saturated heterocycles. The molecule has 5 nitrogen and oxygen atoms in total. The zero-order valence-electron chi connectivity index (χ0n) is 15.9. The van der Waals surface area contributed by atoms with Crippen molar-refractivity contribution >= 4 is 23.2 Å². The summed E-state index contributed by atoms with van der Waals surface area (Å²) >= 11 is 6.29. The van der Waals surface area contributed by atoms with E-state index in [1.807, 2.05) is 23.1 Å². The normalized spacial score (nSPS) is 16.3. The number of benzene rings is 2. The van der Waals surface area contributed by atoms with E-state index in [-0.39, 0.29) is 18.6 Å². The Morgan fingerprint density at radius 1 is 1.32 bits per heavy atom.